The smallest absolute Gasteiger partial charge is 0.204 e. The lowest BCUT2D eigenvalue weighted by atomic mass is 10.1. The summed E-state index contributed by atoms with van der Waals surface area (Å²) in [6.07, 6.45) is -0.190. The molecule has 0 saturated heterocycles. The Labute approximate surface area is 148 Å². The highest BCUT2D eigenvalue weighted by atomic mass is 16.5. The minimum absolute atomic E-state index is 0.0373. The van der Waals surface area contributed by atoms with Gasteiger partial charge in [0.05, 0.1) is 13.2 Å². The highest BCUT2D eigenvalue weighted by Gasteiger charge is 2.20. The van der Waals surface area contributed by atoms with Gasteiger partial charge in [0.1, 0.15) is 16.7 Å². The Kier molecular flexibility index (Phi) is 4.38. The summed E-state index contributed by atoms with van der Waals surface area (Å²) in [5, 5.41) is 29.5. The predicted molar refractivity (Wildman–Crippen MR) is 95.2 cm³/mol. The highest BCUT2D eigenvalue weighted by Crippen LogP contribution is 2.42. The van der Waals surface area contributed by atoms with Crippen LogP contribution in [0.15, 0.2) is 39.5 Å². The molecule has 7 heteroatoms. The van der Waals surface area contributed by atoms with Crippen LogP contribution in [0.25, 0.3) is 22.3 Å². The fraction of sp³-hybridized carbons (Fsp3) is 0.211. The standard InChI is InChI=1S/C19H18O7/c1-9(2)25-16-8-15-17(18(23)19(16)24-3)13(22)7-14(26-15)10-4-5-11(20)12(21)6-10/h4-9,20-21,23H,1-3H3. The quantitative estimate of drug-likeness (QED) is 0.613. The molecule has 0 radical (unpaired) electrons. The largest absolute Gasteiger partial charge is 0.504 e. The summed E-state index contributed by atoms with van der Waals surface area (Å²) < 4.78 is 16.5. The van der Waals surface area contributed by atoms with E-state index in [9.17, 15) is 20.1 Å². The molecule has 0 unspecified atom stereocenters. The molecule has 0 aliphatic carbocycles. The minimum atomic E-state index is -0.485. The van der Waals surface area contributed by atoms with Crippen molar-refractivity contribution in [1.29, 1.82) is 0 Å². The maximum atomic E-state index is 12.5. The van der Waals surface area contributed by atoms with Gasteiger partial charge in [-0.25, -0.2) is 0 Å². The zero-order valence-corrected chi connectivity index (χ0v) is 14.4. The van der Waals surface area contributed by atoms with Crippen molar-refractivity contribution in [2.24, 2.45) is 0 Å². The third kappa shape index (κ3) is 2.99. The molecular weight excluding hydrogens is 340 g/mol. The first kappa shape index (κ1) is 17.5. The van der Waals surface area contributed by atoms with E-state index < -0.39 is 5.43 Å². The van der Waals surface area contributed by atoms with Gasteiger partial charge in [0.2, 0.25) is 5.75 Å². The number of hydrogen-bond acceptors (Lipinski definition) is 7. The fourth-order valence-corrected chi connectivity index (χ4v) is 2.62. The summed E-state index contributed by atoms with van der Waals surface area (Å²) in [7, 11) is 1.36. The summed E-state index contributed by atoms with van der Waals surface area (Å²) in [6, 6.07) is 6.71. The van der Waals surface area contributed by atoms with Crippen LogP contribution in [0.2, 0.25) is 0 Å². The molecular formula is C19H18O7. The molecule has 1 heterocycles. The number of hydrogen-bond donors (Lipinski definition) is 3. The Balaban J connectivity index is 2.27. The molecule has 0 aliphatic heterocycles. The first-order valence-corrected chi connectivity index (χ1v) is 7.88. The van der Waals surface area contributed by atoms with Crippen molar-refractivity contribution < 1.29 is 29.2 Å². The van der Waals surface area contributed by atoms with E-state index in [0.29, 0.717) is 5.56 Å². The van der Waals surface area contributed by atoms with E-state index in [-0.39, 0.29) is 51.6 Å². The second-order valence-electron chi connectivity index (χ2n) is 5.97. The van der Waals surface area contributed by atoms with Crippen LogP contribution in [0.4, 0.5) is 0 Å². The SMILES string of the molecule is COc1c(OC(C)C)cc2oc(-c3ccc(O)c(O)c3)cc(=O)c2c1O. The molecule has 26 heavy (non-hydrogen) atoms. The van der Waals surface area contributed by atoms with Crippen LogP contribution in [0, 0.1) is 0 Å². The van der Waals surface area contributed by atoms with Crippen LogP contribution in [0.5, 0.6) is 28.7 Å². The molecule has 1 aromatic heterocycles. The van der Waals surface area contributed by atoms with E-state index in [1.807, 2.05) is 13.8 Å². The maximum Gasteiger partial charge on any atom is 0.204 e. The van der Waals surface area contributed by atoms with Crippen molar-refractivity contribution >= 4 is 11.0 Å². The molecule has 0 aliphatic rings. The zero-order valence-electron chi connectivity index (χ0n) is 14.4. The molecule has 0 fully saturated rings. The number of phenolic OH excluding ortho intramolecular Hbond substituents is 3. The van der Waals surface area contributed by atoms with E-state index in [0.717, 1.165) is 0 Å². The van der Waals surface area contributed by atoms with Gasteiger partial charge >= 0.3 is 0 Å². The predicted octanol–water partition coefficient (Wildman–Crippen LogP) is 3.37. The summed E-state index contributed by atoms with van der Waals surface area (Å²) in [4.78, 5) is 12.5. The molecule has 0 saturated carbocycles. The number of methoxy groups -OCH3 is 1. The van der Waals surface area contributed by atoms with Crippen LogP contribution < -0.4 is 14.9 Å². The molecule has 3 N–H and O–H groups in total. The summed E-state index contributed by atoms with van der Waals surface area (Å²) >= 11 is 0. The van der Waals surface area contributed by atoms with Crippen LogP contribution in [0.1, 0.15) is 13.8 Å². The third-order valence-electron chi connectivity index (χ3n) is 3.74. The van der Waals surface area contributed by atoms with Crippen molar-refractivity contribution in [3.63, 3.8) is 0 Å². The Morgan fingerprint density at radius 1 is 1.04 bits per heavy atom. The molecule has 7 nitrogen and oxygen atoms in total. The van der Waals surface area contributed by atoms with Gasteiger partial charge in [-0.3, -0.25) is 4.79 Å². The average Bonchev–Trinajstić information content (AvgIpc) is 2.56. The van der Waals surface area contributed by atoms with Gasteiger partial charge in [-0.05, 0) is 32.0 Å². The van der Waals surface area contributed by atoms with E-state index in [1.165, 1.54) is 37.4 Å². The Morgan fingerprint density at radius 3 is 2.38 bits per heavy atom. The number of fused-ring (bicyclic) bond motifs is 1. The summed E-state index contributed by atoms with van der Waals surface area (Å²) in [5.41, 5.74) is 0.00987. The lowest BCUT2D eigenvalue weighted by Gasteiger charge is -2.15. The van der Waals surface area contributed by atoms with Crippen LogP contribution in [0.3, 0.4) is 0 Å². The molecule has 0 spiro atoms. The van der Waals surface area contributed by atoms with E-state index in [4.69, 9.17) is 13.9 Å². The van der Waals surface area contributed by atoms with Crippen molar-refractivity contribution in [1.82, 2.24) is 0 Å². The third-order valence-corrected chi connectivity index (χ3v) is 3.74. The second-order valence-corrected chi connectivity index (χ2v) is 5.97. The van der Waals surface area contributed by atoms with Gasteiger partial charge in [-0.15, -0.1) is 0 Å². The van der Waals surface area contributed by atoms with Crippen LogP contribution in [-0.2, 0) is 0 Å². The monoisotopic (exact) mass is 358 g/mol. The van der Waals surface area contributed by atoms with Gasteiger partial charge in [-0.2, -0.15) is 0 Å². The van der Waals surface area contributed by atoms with Gasteiger partial charge in [0, 0.05) is 17.7 Å². The van der Waals surface area contributed by atoms with Crippen molar-refractivity contribution in [2.75, 3.05) is 7.11 Å². The Bertz CT molecular complexity index is 1030. The van der Waals surface area contributed by atoms with Crippen molar-refractivity contribution in [2.45, 2.75) is 20.0 Å². The van der Waals surface area contributed by atoms with Gasteiger partial charge < -0.3 is 29.2 Å². The van der Waals surface area contributed by atoms with Crippen LogP contribution >= 0.6 is 0 Å². The van der Waals surface area contributed by atoms with Gasteiger partial charge in [0.15, 0.2) is 28.4 Å². The Morgan fingerprint density at radius 2 is 1.77 bits per heavy atom. The van der Waals surface area contributed by atoms with E-state index in [1.54, 1.807) is 0 Å². The molecule has 3 rings (SSSR count). The normalized spacial score (nSPS) is 11.1. The molecule has 2 aromatic carbocycles. The van der Waals surface area contributed by atoms with Gasteiger partial charge in [-0.1, -0.05) is 0 Å². The lowest BCUT2D eigenvalue weighted by Crippen LogP contribution is -2.08. The maximum absolute atomic E-state index is 12.5. The number of rotatable bonds is 4. The fourth-order valence-electron chi connectivity index (χ4n) is 2.62. The second kappa shape index (κ2) is 6.51. The zero-order chi connectivity index (χ0) is 19.0. The minimum Gasteiger partial charge on any atom is -0.504 e. The lowest BCUT2D eigenvalue weighted by molar-refractivity contribution is 0.227. The molecule has 0 bridgehead atoms. The van der Waals surface area contributed by atoms with E-state index in [2.05, 4.69) is 0 Å². The van der Waals surface area contributed by atoms with Crippen LogP contribution in [-0.4, -0.2) is 28.5 Å². The highest BCUT2D eigenvalue weighted by molar-refractivity contribution is 5.89. The first-order chi connectivity index (χ1) is 12.3. The summed E-state index contributed by atoms with van der Waals surface area (Å²) in [6.45, 7) is 3.62. The summed E-state index contributed by atoms with van der Waals surface area (Å²) in [5.74, 6) is -0.541. The number of benzene rings is 2. The van der Waals surface area contributed by atoms with Crippen molar-refractivity contribution in [3.05, 3.63) is 40.6 Å². The number of ether oxygens (including phenoxy) is 2. The number of aromatic hydroxyl groups is 3. The van der Waals surface area contributed by atoms with Crippen molar-refractivity contribution in [3.8, 4) is 40.1 Å². The van der Waals surface area contributed by atoms with Gasteiger partial charge in [0.25, 0.3) is 0 Å². The molecule has 0 atom stereocenters. The average molecular weight is 358 g/mol. The Hall–Kier alpha value is -3.35. The molecule has 3 aromatic rings. The number of phenols is 3. The first-order valence-electron chi connectivity index (χ1n) is 7.88. The molecule has 136 valence electrons. The van der Waals surface area contributed by atoms with E-state index >= 15 is 0 Å². The molecule has 0 amide bonds. The topological polar surface area (TPSA) is 109 Å².